The highest BCUT2D eigenvalue weighted by Crippen LogP contribution is 2.71. The summed E-state index contributed by atoms with van der Waals surface area (Å²) in [4.78, 5) is 30.7. The molecular formula is C42H72N4O4. The molecule has 2 heterocycles. The molecule has 0 unspecified atom stereocenters. The maximum atomic E-state index is 14.0. The van der Waals surface area contributed by atoms with Crippen molar-refractivity contribution < 1.29 is 19.1 Å². The highest BCUT2D eigenvalue weighted by atomic mass is 16.7. The molecule has 284 valence electrons. The van der Waals surface area contributed by atoms with Gasteiger partial charge in [-0.3, -0.25) is 4.79 Å². The van der Waals surface area contributed by atoms with Gasteiger partial charge in [-0.05, 0) is 144 Å². The van der Waals surface area contributed by atoms with Gasteiger partial charge in [0, 0.05) is 43.9 Å². The number of nitrogens with zero attached hydrogens (tertiary/aromatic N) is 2. The molecule has 7 fully saturated rings. The Morgan fingerprint density at radius 3 is 2.36 bits per heavy atom. The average Bonchev–Trinajstić information content (AvgIpc) is 3.54. The standard InChI is InChI=1S/C42H72N4O4/c1-28-16-21-42(49-27-28)29(2)38-36(50-42)26-35-33-15-14-30-25-31(17-19-40(30,3)34(33)18-20-41(35,38)4)44-39(48)46(32-11-8-7-9-12-32)24-22-43-37(47)13-10-23-45(5)6/h28-36,38H,7-27H2,1-6H3,(H,43,47)(H,44,48)/t28-,29-,30+,31+,33+,34-,35-,36-,38-,40-,41-,42+/m0/s1. The van der Waals surface area contributed by atoms with E-state index in [-0.39, 0.29) is 29.8 Å². The molecular weight excluding hydrogens is 624 g/mol. The monoisotopic (exact) mass is 697 g/mol. The lowest BCUT2D eigenvalue weighted by Crippen LogP contribution is -2.57. The fourth-order valence-electron chi connectivity index (χ4n) is 13.5. The van der Waals surface area contributed by atoms with E-state index in [2.05, 4.69) is 48.1 Å². The highest BCUT2D eigenvalue weighted by Gasteiger charge is 2.69. The van der Waals surface area contributed by atoms with Crippen LogP contribution >= 0.6 is 0 Å². The Labute approximate surface area is 304 Å². The predicted octanol–water partition coefficient (Wildman–Crippen LogP) is 7.60. The van der Waals surface area contributed by atoms with Crippen molar-refractivity contribution in [2.24, 2.45) is 52.3 Å². The molecule has 0 radical (unpaired) electrons. The summed E-state index contributed by atoms with van der Waals surface area (Å²) < 4.78 is 13.6. The number of hydrogen-bond donors (Lipinski definition) is 2. The number of fused-ring (bicyclic) bond motifs is 7. The lowest BCUT2D eigenvalue weighted by molar-refractivity contribution is -0.273. The van der Waals surface area contributed by atoms with Gasteiger partial charge in [0.25, 0.3) is 0 Å². The largest absolute Gasteiger partial charge is 0.354 e. The predicted molar refractivity (Wildman–Crippen MR) is 198 cm³/mol. The minimum atomic E-state index is -0.328. The summed E-state index contributed by atoms with van der Waals surface area (Å²) in [6, 6.07) is 0.651. The molecule has 0 aromatic carbocycles. The molecule has 7 rings (SSSR count). The van der Waals surface area contributed by atoms with E-state index in [0.29, 0.717) is 60.1 Å². The number of carbonyl (C=O) groups excluding carboxylic acids is 2. The van der Waals surface area contributed by atoms with Gasteiger partial charge in [0.05, 0.1) is 12.7 Å². The van der Waals surface area contributed by atoms with E-state index >= 15 is 0 Å². The fourth-order valence-corrected chi connectivity index (χ4v) is 13.5. The third-order valence-electron chi connectivity index (χ3n) is 16.2. The quantitative estimate of drug-likeness (QED) is 0.260. The van der Waals surface area contributed by atoms with Gasteiger partial charge in [-0.2, -0.15) is 0 Å². The van der Waals surface area contributed by atoms with Crippen LogP contribution in [0.15, 0.2) is 0 Å². The van der Waals surface area contributed by atoms with E-state index in [0.717, 1.165) is 69.4 Å². The zero-order valence-electron chi connectivity index (χ0n) is 32.7. The first-order valence-electron chi connectivity index (χ1n) is 21.2. The third kappa shape index (κ3) is 6.90. The molecule has 8 nitrogen and oxygen atoms in total. The maximum Gasteiger partial charge on any atom is 0.317 e. The number of amides is 3. The Kier molecular flexibility index (Phi) is 10.9. The number of rotatable bonds is 9. The van der Waals surface area contributed by atoms with Crippen LogP contribution in [0.3, 0.4) is 0 Å². The second-order valence-electron chi connectivity index (χ2n) is 19.3. The van der Waals surface area contributed by atoms with Crippen molar-refractivity contribution in [3.8, 4) is 0 Å². The lowest BCUT2D eigenvalue weighted by atomic mass is 9.44. The molecule has 2 N–H and O–H groups in total. The number of ether oxygens (including phenoxy) is 2. The molecule has 5 saturated carbocycles. The molecule has 2 saturated heterocycles. The molecule has 3 amide bonds. The summed E-state index contributed by atoms with van der Waals surface area (Å²) in [7, 11) is 4.08. The van der Waals surface area contributed by atoms with Crippen LogP contribution < -0.4 is 10.6 Å². The maximum absolute atomic E-state index is 14.0. The zero-order valence-corrected chi connectivity index (χ0v) is 32.7. The Bertz CT molecular complexity index is 1200. The Morgan fingerprint density at radius 1 is 0.840 bits per heavy atom. The van der Waals surface area contributed by atoms with Crippen LogP contribution in [0.2, 0.25) is 0 Å². The van der Waals surface area contributed by atoms with E-state index in [4.69, 9.17) is 9.47 Å². The second-order valence-corrected chi connectivity index (χ2v) is 19.3. The van der Waals surface area contributed by atoms with Gasteiger partial charge in [-0.1, -0.05) is 47.0 Å². The Hall–Kier alpha value is -1.38. The molecule has 5 aliphatic carbocycles. The fraction of sp³-hybridized carbons (Fsp3) is 0.952. The molecule has 12 atom stereocenters. The van der Waals surface area contributed by atoms with E-state index in [1.807, 2.05) is 14.1 Å². The van der Waals surface area contributed by atoms with Gasteiger partial charge in [0.1, 0.15) is 0 Å². The first kappa shape index (κ1) is 37.0. The summed E-state index contributed by atoms with van der Waals surface area (Å²) >= 11 is 0. The first-order chi connectivity index (χ1) is 23.9. The van der Waals surface area contributed by atoms with Gasteiger partial charge >= 0.3 is 6.03 Å². The number of carbonyl (C=O) groups is 2. The van der Waals surface area contributed by atoms with E-state index in [1.54, 1.807) is 0 Å². The van der Waals surface area contributed by atoms with Gasteiger partial charge in [0.15, 0.2) is 5.79 Å². The second kappa shape index (κ2) is 14.8. The average molecular weight is 697 g/mol. The van der Waals surface area contributed by atoms with Crippen molar-refractivity contribution in [1.82, 2.24) is 20.4 Å². The van der Waals surface area contributed by atoms with E-state index in [1.165, 1.54) is 64.2 Å². The van der Waals surface area contributed by atoms with Crippen LogP contribution in [-0.2, 0) is 14.3 Å². The molecule has 0 aromatic heterocycles. The van der Waals surface area contributed by atoms with Crippen molar-refractivity contribution >= 4 is 11.9 Å². The molecule has 1 spiro atoms. The molecule has 8 heteroatoms. The summed E-state index contributed by atoms with van der Waals surface area (Å²) in [5.74, 6) is 4.59. The molecule has 50 heavy (non-hydrogen) atoms. The topological polar surface area (TPSA) is 83.1 Å². The molecule has 0 bridgehead atoms. The van der Waals surface area contributed by atoms with Gasteiger partial charge < -0.3 is 29.9 Å². The van der Waals surface area contributed by atoms with Crippen LogP contribution in [0, 0.1) is 52.3 Å². The van der Waals surface area contributed by atoms with Crippen LogP contribution in [0.4, 0.5) is 4.79 Å². The van der Waals surface area contributed by atoms with Crippen molar-refractivity contribution in [3.63, 3.8) is 0 Å². The Balaban J connectivity index is 0.950. The summed E-state index contributed by atoms with van der Waals surface area (Å²) in [6.07, 6.45) is 19.9. The molecule has 7 aliphatic rings. The smallest absolute Gasteiger partial charge is 0.317 e. The van der Waals surface area contributed by atoms with Crippen LogP contribution in [0.5, 0.6) is 0 Å². The first-order valence-corrected chi connectivity index (χ1v) is 21.2. The van der Waals surface area contributed by atoms with E-state index < -0.39 is 0 Å². The van der Waals surface area contributed by atoms with Crippen LogP contribution in [0.1, 0.15) is 137 Å². The van der Waals surface area contributed by atoms with Crippen LogP contribution in [-0.4, -0.2) is 86.0 Å². The van der Waals surface area contributed by atoms with Crippen LogP contribution in [0.25, 0.3) is 0 Å². The van der Waals surface area contributed by atoms with Crippen molar-refractivity contribution in [2.75, 3.05) is 40.3 Å². The Morgan fingerprint density at radius 2 is 1.62 bits per heavy atom. The van der Waals surface area contributed by atoms with E-state index in [9.17, 15) is 9.59 Å². The van der Waals surface area contributed by atoms with Crippen molar-refractivity contribution in [2.45, 2.75) is 161 Å². The van der Waals surface area contributed by atoms with Crippen molar-refractivity contribution in [3.05, 3.63) is 0 Å². The van der Waals surface area contributed by atoms with Crippen molar-refractivity contribution in [1.29, 1.82) is 0 Å². The zero-order chi connectivity index (χ0) is 35.3. The van der Waals surface area contributed by atoms with Gasteiger partial charge in [0.2, 0.25) is 5.91 Å². The summed E-state index contributed by atoms with van der Waals surface area (Å²) in [5, 5.41) is 6.68. The lowest BCUT2D eigenvalue weighted by Gasteiger charge is -2.61. The minimum absolute atomic E-state index is 0.0979. The number of nitrogens with one attached hydrogen (secondary N) is 2. The minimum Gasteiger partial charge on any atom is -0.354 e. The highest BCUT2D eigenvalue weighted by molar-refractivity contribution is 5.76. The SMILES string of the molecule is C[C@H]1CC[C@@]2(OC1)O[C@H]1C[C@H]3[C@@H]4CC[C@@H]5C[C@H](NC(=O)N(CCNC(=O)CCCN(C)C)C6CCCCC6)CC[C@]5(C)[C@H]4CC[C@]3(C)[C@H]1[C@@H]2C. The normalized spacial score (nSPS) is 44.3. The summed E-state index contributed by atoms with van der Waals surface area (Å²) in [6.45, 7) is 13.0. The molecule has 0 aromatic rings. The van der Waals surface area contributed by atoms with Gasteiger partial charge in [-0.25, -0.2) is 4.79 Å². The number of urea groups is 1. The summed E-state index contributed by atoms with van der Waals surface area (Å²) in [5.41, 5.74) is 0.739. The molecule has 2 aliphatic heterocycles. The van der Waals surface area contributed by atoms with Gasteiger partial charge in [-0.15, -0.1) is 0 Å². The third-order valence-corrected chi connectivity index (χ3v) is 16.2. The number of hydrogen-bond acceptors (Lipinski definition) is 5.